The molecule has 3 rings (SSSR count). The van der Waals surface area contributed by atoms with Gasteiger partial charge in [-0.15, -0.1) is 0 Å². The van der Waals surface area contributed by atoms with Crippen LogP contribution in [0.2, 0.25) is 0 Å². The largest absolute Gasteiger partial charge is 0.356 e. The number of H-pyrrole nitrogens is 1. The molecule has 1 aromatic heterocycles. The smallest absolute Gasteiger partial charge is 0.216 e. The van der Waals surface area contributed by atoms with E-state index in [4.69, 9.17) is 4.98 Å². The van der Waals surface area contributed by atoms with Crippen LogP contribution in [0.15, 0.2) is 35.9 Å². The van der Waals surface area contributed by atoms with Crippen molar-refractivity contribution in [3.8, 4) is 0 Å². The van der Waals surface area contributed by atoms with E-state index in [0.717, 1.165) is 36.2 Å². The number of hydrogen-bond acceptors (Lipinski definition) is 2. The molecule has 25 heavy (non-hydrogen) atoms. The number of aromatic amines is 1. The molecule has 1 heterocycles. The molecule has 2 aromatic rings. The molecule has 4 nitrogen and oxygen atoms in total. The van der Waals surface area contributed by atoms with Crippen LogP contribution in [0.25, 0.3) is 11.0 Å². The standard InChI is InChI=1S/C21H29N3O/c1-13(2)18-10-16(14(3)9-17(18)12-22-15(4)25)11-21-23-19-7-5-6-8-20(19)24-21/h5-9,13,16-18H,10-12H2,1-4H3,(H,22,25)(H,23,24)/t16-,17-,18-/m0/s1. The summed E-state index contributed by atoms with van der Waals surface area (Å²) in [6, 6.07) is 8.20. The number of allylic oxidation sites excluding steroid dienone is 1. The monoisotopic (exact) mass is 339 g/mol. The van der Waals surface area contributed by atoms with Gasteiger partial charge < -0.3 is 10.3 Å². The molecule has 1 aromatic carbocycles. The van der Waals surface area contributed by atoms with Crippen molar-refractivity contribution in [1.29, 1.82) is 0 Å². The maximum absolute atomic E-state index is 11.3. The van der Waals surface area contributed by atoms with Gasteiger partial charge in [0, 0.05) is 19.9 Å². The summed E-state index contributed by atoms with van der Waals surface area (Å²) in [7, 11) is 0. The van der Waals surface area contributed by atoms with Crippen LogP contribution in [0, 0.1) is 23.7 Å². The van der Waals surface area contributed by atoms with Gasteiger partial charge in [-0.1, -0.05) is 37.6 Å². The molecule has 0 bridgehead atoms. The predicted octanol–water partition coefficient (Wildman–Crippen LogP) is 4.10. The fraction of sp³-hybridized carbons (Fsp3) is 0.524. The highest BCUT2D eigenvalue weighted by molar-refractivity contribution is 5.74. The summed E-state index contributed by atoms with van der Waals surface area (Å²) in [6.07, 6.45) is 4.49. The molecule has 3 atom stereocenters. The van der Waals surface area contributed by atoms with Gasteiger partial charge in [-0.2, -0.15) is 0 Å². The fourth-order valence-electron chi connectivity index (χ4n) is 4.11. The van der Waals surface area contributed by atoms with Crippen molar-refractivity contribution in [3.05, 3.63) is 41.7 Å². The first kappa shape index (κ1) is 17.7. The molecule has 4 heteroatoms. The number of carbonyl (C=O) groups excluding carboxylic acids is 1. The molecule has 0 fully saturated rings. The minimum atomic E-state index is 0.0537. The minimum absolute atomic E-state index is 0.0537. The van der Waals surface area contributed by atoms with Gasteiger partial charge in [-0.3, -0.25) is 4.79 Å². The van der Waals surface area contributed by atoms with E-state index >= 15 is 0 Å². The number of hydrogen-bond donors (Lipinski definition) is 2. The third kappa shape index (κ3) is 4.12. The number of rotatable bonds is 5. The number of para-hydroxylation sites is 2. The first-order chi connectivity index (χ1) is 11.9. The summed E-state index contributed by atoms with van der Waals surface area (Å²) >= 11 is 0. The number of fused-ring (bicyclic) bond motifs is 1. The van der Waals surface area contributed by atoms with E-state index in [1.54, 1.807) is 6.92 Å². The number of aromatic nitrogens is 2. The number of nitrogens with one attached hydrogen (secondary N) is 2. The highest BCUT2D eigenvalue weighted by atomic mass is 16.1. The molecule has 1 amide bonds. The van der Waals surface area contributed by atoms with Crippen LogP contribution in [0.4, 0.5) is 0 Å². The summed E-state index contributed by atoms with van der Waals surface area (Å²) in [5, 5.41) is 3.00. The van der Waals surface area contributed by atoms with Gasteiger partial charge in [0.15, 0.2) is 0 Å². The van der Waals surface area contributed by atoms with Gasteiger partial charge in [0.25, 0.3) is 0 Å². The van der Waals surface area contributed by atoms with Gasteiger partial charge in [0.2, 0.25) is 5.91 Å². The molecule has 0 spiro atoms. The highest BCUT2D eigenvalue weighted by Crippen LogP contribution is 2.38. The molecule has 0 aliphatic heterocycles. The summed E-state index contributed by atoms with van der Waals surface area (Å²) in [5.41, 5.74) is 3.57. The second kappa shape index (κ2) is 7.42. The zero-order valence-corrected chi connectivity index (χ0v) is 15.7. The molecule has 0 radical (unpaired) electrons. The van der Waals surface area contributed by atoms with Crippen LogP contribution in [-0.2, 0) is 11.2 Å². The second-order valence-electron chi connectivity index (χ2n) is 7.76. The lowest BCUT2D eigenvalue weighted by atomic mass is 9.70. The molecule has 134 valence electrons. The van der Waals surface area contributed by atoms with E-state index in [-0.39, 0.29) is 5.91 Å². The third-order valence-electron chi connectivity index (χ3n) is 5.55. The Labute approximate surface area is 150 Å². The highest BCUT2D eigenvalue weighted by Gasteiger charge is 2.32. The van der Waals surface area contributed by atoms with Crippen molar-refractivity contribution in [2.75, 3.05) is 6.54 Å². The Morgan fingerprint density at radius 2 is 2.12 bits per heavy atom. The van der Waals surface area contributed by atoms with Gasteiger partial charge in [-0.25, -0.2) is 4.98 Å². The lowest BCUT2D eigenvalue weighted by Gasteiger charge is -2.37. The Bertz CT molecular complexity index is 741. The molecule has 0 saturated carbocycles. The molecule has 1 aliphatic rings. The maximum Gasteiger partial charge on any atom is 0.216 e. The van der Waals surface area contributed by atoms with Crippen LogP contribution in [0.1, 0.15) is 39.9 Å². The lowest BCUT2D eigenvalue weighted by molar-refractivity contribution is -0.119. The van der Waals surface area contributed by atoms with Gasteiger partial charge in [0.05, 0.1) is 11.0 Å². The van der Waals surface area contributed by atoms with E-state index < -0.39 is 0 Å². The number of amides is 1. The molecule has 0 saturated heterocycles. The first-order valence-corrected chi connectivity index (χ1v) is 9.30. The van der Waals surface area contributed by atoms with Crippen LogP contribution in [-0.4, -0.2) is 22.4 Å². The summed E-state index contributed by atoms with van der Waals surface area (Å²) in [4.78, 5) is 19.5. The van der Waals surface area contributed by atoms with E-state index in [0.29, 0.717) is 23.7 Å². The average molecular weight is 339 g/mol. The maximum atomic E-state index is 11.3. The average Bonchev–Trinajstić information content (AvgIpc) is 2.96. The first-order valence-electron chi connectivity index (χ1n) is 9.30. The Kier molecular flexibility index (Phi) is 5.26. The summed E-state index contributed by atoms with van der Waals surface area (Å²) < 4.78 is 0. The number of carbonyl (C=O) groups is 1. The van der Waals surface area contributed by atoms with Crippen molar-refractivity contribution >= 4 is 16.9 Å². The zero-order valence-electron chi connectivity index (χ0n) is 15.7. The van der Waals surface area contributed by atoms with Gasteiger partial charge in [0.1, 0.15) is 5.82 Å². The quantitative estimate of drug-likeness (QED) is 0.806. The SMILES string of the molecule is CC(=O)NC[C@@H]1C=C(C)[C@H](Cc2nc3ccccc3[nH]2)C[C@H]1C(C)C. The Hall–Kier alpha value is -2.10. The van der Waals surface area contributed by atoms with E-state index in [1.165, 1.54) is 5.57 Å². The van der Waals surface area contributed by atoms with Crippen LogP contribution < -0.4 is 5.32 Å². The number of nitrogens with zero attached hydrogens (tertiary/aromatic N) is 1. The zero-order chi connectivity index (χ0) is 18.0. The molecule has 2 N–H and O–H groups in total. The summed E-state index contributed by atoms with van der Waals surface area (Å²) in [6.45, 7) is 9.14. The van der Waals surface area contributed by atoms with E-state index in [1.807, 2.05) is 12.1 Å². The van der Waals surface area contributed by atoms with Crippen molar-refractivity contribution in [3.63, 3.8) is 0 Å². The van der Waals surface area contributed by atoms with Crippen molar-refractivity contribution in [2.45, 2.75) is 40.5 Å². The number of benzene rings is 1. The molecule has 1 aliphatic carbocycles. The Balaban J connectivity index is 1.77. The van der Waals surface area contributed by atoms with Gasteiger partial charge in [-0.05, 0) is 49.1 Å². The van der Waals surface area contributed by atoms with Crippen LogP contribution in [0.5, 0.6) is 0 Å². The van der Waals surface area contributed by atoms with E-state index in [2.05, 4.69) is 49.3 Å². The number of imidazole rings is 1. The third-order valence-corrected chi connectivity index (χ3v) is 5.55. The normalized spacial score (nSPS) is 23.7. The van der Waals surface area contributed by atoms with Crippen LogP contribution in [0.3, 0.4) is 0 Å². The molecule has 0 unspecified atom stereocenters. The lowest BCUT2D eigenvalue weighted by Crippen LogP contribution is -2.36. The van der Waals surface area contributed by atoms with Crippen molar-refractivity contribution in [1.82, 2.24) is 15.3 Å². The van der Waals surface area contributed by atoms with Crippen molar-refractivity contribution in [2.24, 2.45) is 23.7 Å². The van der Waals surface area contributed by atoms with Gasteiger partial charge >= 0.3 is 0 Å². The molecular formula is C21H29N3O. The predicted molar refractivity (Wildman–Crippen MR) is 102 cm³/mol. The fourth-order valence-corrected chi connectivity index (χ4v) is 4.11. The Morgan fingerprint density at radius 3 is 2.80 bits per heavy atom. The molecular weight excluding hydrogens is 310 g/mol. The summed E-state index contributed by atoms with van der Waals surface area (Å²) in [5.74, 6) is 3.25. The van der Waals surface area contributed by atoms with Crippen molar-refractivity contribution < 1.29 is 4.79 Å². The second-order valence-corrected chi connectivity index (χ2v) is 7.76. The Morgan fingerprint density at radius 1 is 1.36 bits per heavy atom. The van der Waals surface area contributed by atoms with E-state index in [9.17, 15) is 4.79 Å². The van der Waals surface area contributed by atoms with Crippen LogP contribution >= 0.6 is 0 Å². The minimum Gasteiger partial charge on any atom is -0.356 e. The topological polar surface area (TPSA) is 57.8 Å².